The third-order valence-electron chi connectivity index (χ3n) is 7.18. The predicted molar refractivity (Wildman–Crippen MR) is 136 cm³/mol. The minimum atomic E-state index is -0.328. The molecule has 0 fully saturated rings. The van der Waals surface area contributed by atoms with Gasteiger partial charge in [-0.3, -0.25) is 0 Å². The summed E-state index contributed by atoms with van der Waals surface area (Å²) < 4.78 is 4.80. The van der Waals surface area contributed by atoms with Gasteiger partial charge in [-0.1, -0.05) is 83.7 Å². The number of allylic oxidation sites excluding steroid dienone is 4. The van der Waals surface area contributed by atoms with Crippen LogP contribution in [0.2, 0.25) is 0 Å². The van der Waals surface area contributed by atoms with E-state index in [0.717, 1.165) is 36.0 Å². The van der Waals surface area contributed by atoms with Crippen LogP contribution in [0.3, 0.4) is 0 Å². The highest BCUT2D eigenvalue weighted by Gasteiger charge is 2.28. The molecule has 0 unspecified atom stereocenters. The van der Waals surface area contributed by atoms with Crippen LogP contribution in [0, 0.1) is 5.41 Å². The van der Waals surface area contributed by atoms with Crippen molar-refractivity contribution in [3.8, 4) is 0 Å². The van der Waals surface area contributed by atoms with Crippen molar-refractivity contribution in [3.63, 3.8) is 0 Å². The van der Waals surface area contributed by atoms with E-state index in [2.05, 4.69) is 77.6 Å². The van der Waals surface area contributed by atoms with Crippen LogP contribution in [0.25, 0.3) is 11.1 Å². The van der Waals surface area contributed by atoms with Crippen LogP contribution in [0.15, 0.2) is 67.3 Å². The van der Waals surface area contributed by atoms with Gasteiger partial charge in [0, 0.05) is 0 Å². The molecule has 0 aromatic heterocycles. The molecule has 0 N–H and O–H groups in total. The fourth-order valence-electron chi connectivity index (χ4n) is 4.17. The Morgan fingerprint density at radius 2 is 1.66 bits per heavy atom. The largest absolute Gasteiger partial charge is 0.465 e. The summed E-state index contributed by atoms with van der Waals surface area (Å²) in [5, 5.41) is 0. The summed E-state index contributed by atoms with van der Waals surface area (Å²) in [7, 11) is 1.40. The van der Waals surface area contributed by atoms with Gasteiger partial charge in [0.05, 0.1) is 12.7 Å². The average Bonchev–Trinajstić information content (AvgIpc) is 2.82. The molecule has 168 valence electrons. The predicted octanol–water partition coefficient (Wildman–Crippen LogP) is 7.98. The van der Waals surface area contributed by atoms with Crippen LogP contribution in [0.4, 0.5) is 0 Å². The molecule has 0 bridgehead atoms. The number of carbonyl (C=O) groups excluding carboxylic acids is 1. The van der Waals surface area contributed by atoms with Gasteiger partial charge in [-0.2, -0.15) is 0 Å². The number of rotatable bonds is 7. The van der Waals surface area contributed by atoms with E-state index in [4.69, 9.17) is 4.74 Å². The van der Waals surface area contributed by atoms with Gasteiger partial charge < -0.3 is 4.74 Å². The molecule has 0 radical (unpaired) electrons. The molecule has 3 rings (SSSR count). The van der Waals surface area contributed by atoms with Gasteiger partial charge in [-0.05, 0) is 81.7 Å². The monoisotopic (exact) mass is 428 g/mol. The van der Waals surface area contributed by atoms with Crippen LogP contribution < -0.4 is 0 Å². The number of benzene rings is 2. The van der Waals surface area contributed by atoms with Crippen molar-refractivity contribution in [2.75, 3.05) is 7.11 Å². The molecule has 32 heavy (non-hydrogen) atoms. The van der Waals surface area contributed by atoms with Gasteiger partial charge >= 0.3 is 5.97 Å². The van der Waals surface area contributed by atoms with Gasteiger partial charge in [0.15, 0.2) is 0 Å². The highest BCUT2D eigenvalue weighted by atomic mass is 16.5. The SMILES string of the molecule is C=C(c1ccc(C(=O)OC)cc1)c1ccc2c(c1)C(/C=C/C(C)(CC)CC)=CCC2(C)C. The number of esters is 1. The van der Waals surface area contributed by atoms with E-state index in [0.29, 0.717) is 5.56 Å². The van der Waals surface area contributed by atoms with Crippen LogP contribution in [0.1, 0.15) is 86.5 Å². The van der Waals surface area contributed by atoms with Crippen molar-refractivity contribution >= 4 is 17.1 Å². The molecule has 2 aromatic rings. The molecule has 0 saturated carbocycles. The number of hydrogen-bond acceptors (Lipinski definition) is 2. The standard InChI is InChI=1S/C30H36O2/c1-8-30(6,9-2)19-17-23-16-18-29(4,5)27-15-14-25(20-26(23)27)21(3)22-10-12-24(13-11-22)28(31)32-7/h10-17,19-20H,3,8-9,18H2,1-2,4-7H3/b19-17+. The van der Waals surface area contributed by atoms with Crippen LogP contribution in [-0.4, -0.2) is 13.1 Å². The number of methoxy groups -OCH3 is 1. The average molecular weight is 429 g/mol. The summed E-state index contributed by atoms with van der Waals surface area (Å²) in [5.41, 5.74) is 7.87. The molecule has 0 saturated heterocycles. The molecular formula is C30H36O2. The van der Waals surface area contributed by atoms with Gasteiger partial charge in [-0.25, -0.2) is 4.79 Å². The zero-order valence-corrected chi connectivity index (χ0v) is 20.4. The molecule has 2 nitrogen and oxygen atoms in total. The highest BCUT2D eigenvalue weighted by molar-refractivity contribution is 5.90. The third-order valence-corrected chi connectivity index (χ3v) is 7.18. The first-order valence-corrected chi connectivity index (χ1v) is 11.6. The van der Waals surface area contributed by atoms with Crippen LogP contribution >= 0.6 is 0 Å². The Balaban J connectivity index is 1.98. The van der Waals surface area contributed by atoms with Gasteiger partial charge in [-0.15, -0.1) is 0 Å². The van der Waals surface area contributed by atoms with Crippen LogP contribution in [-0.2, 0) is 10.2 Å². The third kappa shape index (κ3) is 4.80. The zero-order chi connectivity index (χ0) is 23.5. The topological polar surface area (TPSA) is 26.3 Å². The fraction of sp³-hybridized carbons (Fsp3) is 0.367. The van der Waals surface area contributed by atoms with Crippen molar-refractivity contribution in [3.05, 3.63) is 95.1 Å². The lowest BCUT2D eigenvalue weighted by atomic mass is 9.72. The second-order valence-corrected chi connectivity index (χ2v) is 9.75. The number of carbonyl (C=O) groups is 1. The van der Waals surface area contributed by atoms with E-state index in [9.17, 15) is 4.79 Å². The molecule has 0 atom stereocenters. The molecule has 0 spiro atoms. The second kappa shape index (κ2) is 9.32. The first-order chi connectivity index (χ1) is 15.1. The molecule has 1 aliphatic rings. The number of fused-ring (bicyclic) bond motifs is 1. The number of hydrogen-bond donors (Lipinski definition) is 0. The van der Waals surface area contributed by atoms with E-state index in [1.54, 1.807) is 12.1 Å². The van der Waals surface area contributed by atoms with Gasteiger partial charge in [0.25, 0.3) is 0 Å². The summed E-state index contributed by atoms with van der Waals surface area (Å²) in [4.78, 5) is 11.7. The molecule has 1 aliphatic carbocycles. The molecule has 0 aliphatic heterocycles. The lowest BCUT2D eigenvalue weighted by Crippen LogP contribution is -2.21. The first-order valence-electron chi connectivity index (χ1n) is 11.6. The lowest BCUT2D eigenvalue weighted by Gasteiger charge is -2.32. The molecule has 0 heterocycles. The molecule has 0 amide bonds. The highest BCUT2D eigenvalue weighted by Crippen LogP contribution is 2.41. The summed E-state index contributed by atoms with van der Waals surface area (Å²) in [6.07, 6.45) is 10.4. The van der Waals surface area contributed by atoms with Crippen molar-refractivity contribution < 1.29 is 9.53 Å². The fourth-order valence-corrected chi connectivity index (χ4v) is 4.17. The maximum Gasteiger partial charge on any atom is 0.337 e. The first kappa shape index (κ1) is 23.8. The summed E-state index contributed by atoms with van der Waals surface area (Å²) in [5.74, 6) is -0.328. The molecule has 2 heteroatoms. The zero-order valence-electron chi connectivity index (χ0n) is 20.4. The summed E-state index contributed by atoms with van der Waals surface area (Å²) >= 11 is 0. The Kier molecular flexibility index (Phi) is 6.93. The van der Waals surface area contributed by atoms with E-state index in [1.807, 2.05) is 12.1 Å². The Labute approximate surface area is 193 Å². The number of ether oxygens (including phenoxy) is 1. The van der Waals surface area contributed by atoms with Crippen molar-refractivity contribution in [1.29, 1.82) is 0 Å². The smallest absolute Gasteiger partial charge is 0.337 e. The van der Waals surface area contributed by atoms with Gasteiger partial charge in [0.1, 0.15) is 0 Å². The quantitative estimate of drug-likeness (QED) is 0.418. The van der Waals surface area contributed by atoms with E-state index in [1.165, 1.54) is 23.8 Å². The van der Waals surface area contributed by atoms with E-state index < -0.39 is 0 Å². The Bertz CT molecular complexity index is 1060. The Morgan fingerprint density at radius 1 is 1.06 bits per heavy atom. The van der Waals surface area contributed by atoms with Crippen molar-refractivity contribution in [1.82, 2.24) is 0 Å². The summed E-state index contributed by atoms with van der Waals surface area (Å²) in [6.45, 7) is 15.8. The molecular weight excluding hydrogens is 392 g/mol. The normalized spacial score (nSPS) is 15.2. The summed E-state index contributed by atoms with van der Waals surface area (Å²) in [6, 6.07) is 14.2. The van der Waals surface area contributed by atoms with Crippen molar-refractivity contribution in [2.45, 2.75) is 59.3 Å². The maximum atomic E-state index is 11.7. The lowest BCUT2D eigenvalue weighted by molar-refractivity contribution is 0.0600. The van der Waals surface area contributed by atoms with Gasteiger partial charge in [0.2, 0.25) is 0 Å². The Morgan fingerprint density at radius 3 is 2.25 bits per heavy atom. The Hall–Kier alpha value is -2.87. The van der Waals surface area contributed by atoms with Crippen LogP contribution in [0.5, 0.6) is 0 Å². The minimum Gasteiger partial charge on any atom is -0.465 e. The van der Waals surface area contributed by atoms with Crippen molar-refractivity contribution in [2.24, 2.45) is 5.41 Å². The maximum absolute atomic E-state index is 11.7. The second-order valence-electron chi connectivity index (χ2n) is 9.75. The minimum absolute atomic E-state index is 0.105. The molecule has 2 aromatic carbocycles. The van der Waals surface area contributed by atoms with E-state index >= 15 is 0 Å². The van der Waals surface area contributed by atoms with E-state index in [-0.39, 0.29) is 16.8 Å².